The third-order valence-corrected chi connectivity index (χ3v) is 3.37. The van der Waals surface area contributed by atoms with Crippen molar-refractivity contribution < 1.29 is 14.6 Å². The molecule has 1 unspecified atom stereocenters. The number of rotatable bonds is 6. The van der Waals surface area contributed by atoms with Crippen molar-refractivity contribution in [2.24, 2.45) is 5.73 Å². The van der Waals surface area contributed by atoms with Gasteiger partial charge in [0.05, 0.1) is 5.92 Å². The van der Waals surface area contributed by atoms with Crippen molar-refractivity contribution in [3.05, 3.63) is 65.2 Å². The van der Waals surface area contributed by atoms with Gasteiger partial charge in [0, 0.05) is 6.54 Å². The highest BCUT2D eigenvalue weighted by molar-refractivity contribution is 5.76. The molecule has 1 atom stereocenters. The van der Waals surface area contributed by atoms with Crippen molar-refractivity contribution in [3.63, 3.8) is 0 Å². The van der Waals surface area contributed by atoms with Crippen LogP contribution in [0.5, 0.6) is 5.75 Å². The number of aryl methyl sites for hydroxylation is 1. The second kappa shape index (κ2) is 6.90. The van der Waals surface area contributed by atoms with Gasteiger partial charge in [0.1, 0.15) is 12.4 Å². The summed E-state index contributed by atoms with van der Waals surface area (Å²) in [6.45, 7) is 2.47. The van der Waals surface area contributed by atoms with Gasteiger partial charge in [-0.3, -0.25) is 4.79 Å². The molecule has 2 rings (SSSR count). The van der Waals surface area contributed by atoms with E-state index in [0.29, 0.717) is 12.2 Å². The largest absolute Gasteiger partial charge is 0.489 e. The standard InChI is InChI=1S/C17H19NO3/c1-12-9-14(15(10-18)17(19)20)7-8-16(12)21-11-13-5-3-2-4-6-13/h2-9,15H,10-11,18H2,1H3,(H,19,20). The van der Waals surface area contributed by atoms with E-state index in [1.807, 2.05) is 43.3 Å². The molecule has 0 bridgehead atoms. The van der Waals surface area contributed by atoms with Gasteiger partial charge in [0.2, 0.25) is 0 Å². The van der Waals surface area contributed by atoms with Gasteiger partial charge < -0.3 is 15.6 Å². The molecule has 0 aliphatic rings. The van der Waals surface area contributed by atoms with Gasteiger partial charge in [-0.2, -0.15) is 0 Å². The molecule has 4 nitrogen and oxygen atoms in total. The summed E-state index contributed by atoms with van der Waals surface area (Å²) in [5.74, 6) is -0.828. The number of aliphatic carboxylic acids is 1. The molecule has 0 aliphatic carbocycles. The topological polar surface area (TPSA) is 72.6 Å². The highest BCUT2D eigenvalue weighted by Crippen LogP contribution is 2.24. The maximum atomic E-state index is 11.1. The molecule has 0 fully saturated rings. The number of hydrogen-bond acceptors (Lipinski definition) is 3. The Labute approximate surface area is 124 Å². The zero-order valence-corrected chi connectivity index (χ0v) is 12.0. The van der Waals surface area contributed by atoms with Gasteiger partial charge in [0.15, 0.2) is 0 Å². The highest BCUT2D eigenvalue weighted by atomic mass is 16.5. The predicted molar refractivity (Wildman–Crippen MR) is 81.4 cm³/mol. The lowest BCUT2D eigenvalue weighted by atomic mass is 9.97. The van der Waals surface area contributed by atoms with Crippen molar-refractivity contribution in [1.29, 1.82) is 0 Å². The highest BCUT2D eigenvalue weighted by Gasteiger charge is 2.18. The Morgan fingerprint density at radius 1 is 1.24 bits per heavy atom. The molecule has 21 heavy (non-hydrogen) atoms. The van der Waals surface area contributed by atoms with E-state index in [9.17, 15) is 4.79 Å². The zero-order valence-electron chi connectivity index (χ0n) is 12.0. The lowest BCUT2D eigenvalue weighted by Crippen LogP contribution is -2.21. The van der Waals surface area contributed by atoms with Crippen molar-refractivity contribution in [2.75, 3.05) is 6.54 Å². The second-order valence-electron chi connectivity index (χ2n) is 4.93. The summed E-state index contributed by atoms with van der Waals surface area (Å²) in [6.07, 6.45) is 0. The Kier molecular flexibility index (Phi) is 4.95. The SMILES string of the molecule is Cc1cc(C(CN)C(=O)O)ccc1OCc1ccccc1. The van der Waals surface area contributed by atoms with Crippen LogP contribution in [0.4, 0.5) is 0 Å². The minimum absolute atomic E-state index is 0.0823. The molecule has 110 valence electrons. The first-order chi connectivity index (χ1) is 10.1. The molecule has 2 aromatic carbocycles. The van der Waals surface area contributed by atoms with E-state index in [0.717, 1.165) is 16.9 Å². The number of hydrogen-bond donors (Lipinski definition) is 2. The normalized spacial score (nSPS) is 11.9. The van der Waals surface area contributed by atoms with Gasteiger partial charge in [0.25, 0.3) is 0 Å². The van der Waals surface area contributed by atoms with Crippen LogP contribution in [-0.4, -0.2) is 17.6 Å². The maximum Gasteiger partial charge on any atom is 0.312 e. The zero-order chi connectivity index (χ0) is 15.2. The Morgan fingerprint density at radius 2 is 1.95 bits per heavy atom. The van der Waals surface area contributed by atoms with Crippen LogP contribution in [0.2, 0.25) is 0 Å². The first-order valence-corrected chi connectivity index (χ1v) is 6.82. The monoisotopic (exact) mass is 285 g/mol. The minimum Gasteiger partial charge on any atom is -0.489 e. The summed E-state index contributed by atoms with van der Waals surface area (Å²) in [4.78, 5) is 11.1. The molecule has 0 aliphatic heterocycles. The molecule has 3 N–H and O–H groups in total. The van der Waals surface area contributed by atoms with E-state index in [2.05, 4.69) is 0 Å². The average molecular weight is 285 g/mol. The lowest BCUT2D eigenvalue weighted by Gasteiger charge is -2.14. The fourth-order valence-electron chi connectivity index (χ4n) is 2.17. The van der Waals surface area contributed by atoms with Gasteiger partial charge >= 0.3 is 5.97 Å². The summed E-state index contributed by atoms with van der Waals surface area (Å²) in [5, 5.41) is 9.13. The molecule has 0 saturated heterocycles. The molecule has 0 radical (unpaired) electrons. The summed E-state index contributed by atoms with van der Waals surface area (Å²) < 4.78 is 5.77. The molecule has 0 spiro atoms. The van der Waals surface area contributed by atoms with Gasteiger partial charge in [-0.1, -0.05) is 42.5 Å². The number of ether oxygens (including phenoxy) is 1. The minimum atomic E-state index is -0.908. The average Bonchev–Trinajstić information content (AvgIpc) is 2.48. The second-order valence-corrected chi connectivity index (χ2v) is 4.93. The molecule has 0 saturated carbocycles. The van der Waals surface area contributed by atoms with E-state index >= 15 is 0 Å². The van der Waals surface area contributed by atoms with Gasteiger partial charge in [-0.05, 0) is 29.7 Å². The number of carboxylic acid groups (broad SMARTS) is 1. The van der Waals surface area contributed by atoms with Crippen LogP contribution in [0.3, 0.4) is 0 Å². The first-order valence-electron chi connectivity index (χ1n) is 6.82. The predicted octanol–water partition coefficient (Wildman–Crippen LogP) is 2.70. The van der Waals surface area contributed by atoms with Crippen LogP contribution in [0.25, 0.3) is 0 Å². The van der Waals surface area contributed by atoms with Crippen molar-refractivity contribution in [1.82, 2.24) is 0 Å². The van der Waals surface area contributed by atoms with Crippen LogP contribution in [-0.2, 0) is 11.4 Å². The molecule has 0 aromatic heterocycles. The third kappa shape index (κ3) is 3.83. The van der Waals surface area contributed by atoms with Crippen molar-refractivity contribution >= 4 is 5.97 Å². The Hall–Kier alpha value is -2.33. The van der Waals surface area contributed by atoms with Crippen molar-refractivity contribution in [2.45, 2.75) is 19.4 Å². The Balaban J connectivity index is 2.10. The molecule has 0 amide bonds. The molecule has 4 heteroatoms. The van der Waals surface area contributed by atoms with E-state index < -0.39 is 11.9 Å². The van der Waals surface area contributed by atoms with Crippen LogP contribution in [0.15, 0.2) is 48.5 Å². The Bertz CT molecular complexity index is 611. The van der Waals surface area contributed by atoms with E-state index in [1.54, 1.807) is 12.1 Å². The molecular formula is C17H19NO3. The molecule has 0 heterocycles. The number of carbonyl (C=O) groups is 1. The summed E-state index contributed by atoms with van der Waals surface area (Å²) in [7, 11) is 0. The van der Waals surface area contributed by atoms with Gasteiger partial charge in [-0.25, -0.2) is 0 Å². The summed E-state index contributed by atoms with van der Waals surface area (Å²) in [6, 6.07) is 15.3. The molecular weight excluding hydrogens is 266 g/mol. The smallest absolute Gasteiger partial charge is 0.312 e. The lowest BCUT2D eigenvalue weighted by molar-refractivity contribution is -0.138. The van der Waals surface area contributed by atoms with E-state index in [-0.39, 0.29) is 6.54 Å². The van der Waals surface area contributed by atoms with Crippen LogP contribution in [0.1, 0.15) is 22.6 Å². The summed E-state index contributed by atoms with van der Waals surface area (Å²) in [5.41, 5.74) is 8.21. The number of benzene rings is 2. The van der Waals surface area contributed by atoms with E-state index in [1.165, 1.54) is 0 Å². The fourth-order valence-corrected chi connectivity index (χ4v) is 2.17. The number of carboxylic acids is 1. The third-order valence-electron chi connectivity index (χ3n) is 3.37. The first kappa shape index (κ1) is 15.1. The van der Waals surface area contributed by atoms with E-state index in [4.69, 9.17) is 15.6 Å². The van der Waals surface area contributed by atoms with Crippen LogP contribution in [0, 0.1) is 6.92 Å². The maximum absolute atomic E-state index is 11.1. The summed E-state index contributed by atoms with van der Waals surface area (Å²) >= 11 is 0. The van der Waals surface area contributed by atoms with Crippen LogP contribution >= 0.6 is 0 Å². The quantitative estimate of drug-likeness (QED) is 0.856. The molecule has 2 aromatic rings. The van der Waals surface area contributed by atoms with Crippen LogP contribution < -0.4 is 10.5 Å². The van der Waals surface area contributed by atoms with Crippen molar-refractivity contribution in [3.8, 4) is 5.75 Å². The van der Waals surface area contributed by atoms with Gasteiger partial charge in [-0.15, -0.1) is 0 Å². The Morgan fingerprint density at radius 3 is 2.52 bits per heavy atom. The fraction of sp³-hybridized carbons (Fsp3) is 0.235. The number of nitrogens with two attached hydrogens (primary N) is 1.